The molecule has 0 aliphatic carbocycles. The maximum atomic E-state index is 12.6. The van der Waals surface area contributed by atoms with Crippen molar-refractivity contribution in [2.75, 3.05) is 18.6 Å². The second-order valence-corrected chi connectivity index (χ2v) is 8.44. The predicted molar refractivity (Wildman–Crippen MR) is 89.3 cm³/mol. The van der Waals surface area contributed by atoms with Gasteiger partial charge in [-0.15, -0.1) is 0 Å². The van der Waals surface area contributed by atoms with Gasteiger partial charge in [-0.25, -0.2) is 13.1 Å². The molecule has 1 atom stereocenters. The fourth-order valence-corrected chi connectivity index (χ4v) is 5.39. The van der Waals surface area contributed by atoms with Crippen molar-refractivity contribution in [3.8, 4) is 0 Å². The van der Waals surface area contributed by atoms with Crippen LogP contribution in [0.2, 0.25) is 0 Å². The lowest BCUT2D eigenvalue weighted by molar-refractivity contribution is 0.542. The summed E-state index contributed by atoms with van der Waals surface area (Å²) in [6.45, 7) is 4.55. The Morgan fingerprint density at radius 3 is 2.67 bits per heavy atom. The maximum absolute atomic E-state index is 12.6. The molecule has 4 nitrogen and oxygen atoms in total. The summed E-state index contributed by atoms with van der Waals surface area (Å²) in [4.78, 5) is 0.411. The summed E-state index contributed by atoms with van der Waals surface area (Å²) in [7, 11) is -1.57. The van der Waals surface area contributed by atoms with E-state index in [9.17, 15) is 8.42 Å². The van der Waals surface area contributed by atoms with E-state index in [0.29, 0.717) is 11.4 Å². The van der Waals surface area contributed by atoms with E-state index in [-0.39, 0.29) is 6.04 Å². The Morgan fingerprint density at radius 2 is 2.05 bits per heavy atom. The molecule has 2 N–H and O–H groups in total. The van der Waals surface area contributed by atoms with Crippen molar-refractivity contribution in [3.63, 3.8) is 0 Å². The molecule has 1 aliphatic heterocycles. The number of nitrogens with one attached hydrogen (secondary N) is 2. The van der Waals surface area contributed by atoms with Crippen LogP contribution >= 0.6 is 11.8 Å². The molecule has 1 aliphatic rings. The molecular weight excluding hydrogens is 304 g/mol. The number of aryl methyl sites for hydroxylation is 2. The van der Waals surface area contributed by atoms with E-state index in [4.69, 9.17) is 0 Å². The van der Waals surface area contributed by atoms with Gasteiger partial charge < -0.3 is 5.32 Å². The zero-order chi connectivity index (χ0) is 15.5. The second kappa shape index (κ2) is 7.13. The molecule has 0 saturated carbocycles. The Kier molecular flexibility index (Phi) is 5.71. The molecule has 0 aromatic heterocycles. The summed E-state index contributed by atoms with van der Waals surface area (Å²) >= 11 is 1.82. The molecule has 1 heterocycles. The molecular formula is C15H24N2O2S2. The Balaban J connectivity index is 2.27. The van der Waals surface area contributed by atoms with Gasteiger partial charge in [-0.1, -0.05) is 6.07 Å². The summed E-state index contributed by atoms with van der Waals surface area (Å²) < 4.78 is 28.2. The molecule has 0 spiro atoms. The van der Waals surface area contributed by atoms with Crippen molar-refractivity contribution < 1.29 is 8.42 Å². The van der Waals surface area contributed by atoms with Crippen molar-refractivity contribution in [2.45, 2.75) is 44.2 Å². The number of rotatable bonds is 5. The standard InChI is InChI=1S/C15H24N2O2S2/c1-11-7-12(2)15(8-13(11)9-16-3)21(18,19)17-14-5-4-6-20-10-14/h7-8,14,16-17H,4-6,9-10H2,1-3H3. The van der Waals surface area contributed by atoms with Crippen LogP contribution in [-0.4, -0.2) is 33.0 Å². The Bertz CT molecular complexity index is 594. The van der Waals surface area contributed by atoms with Crippen molar-refractivity contribution in [1.82, 2.24) is 10.0 Å². The molecule has 6 heteroatoms. The van der Waals surface area contributed by atoms with Crippen LogP contribution in [0.1, 0.15) is 29.5 Å². The maximum Gasteiger partial charge on any atom is 0.241 e. The fraction of sp³-hybridized carbons (Fsp3) is 0.600. The van der Waals surface area contributed by atoms with E-state index in [1.807, 2.05) is 38.7 Å². The Hall–Kier alpha value is -0.560. The van der Waals surface area contributed by atoms with Gasteiger partial charge in [0.05, 0.1) is 4.90 Å². The monoisotopic (exact) mass is 328 g/mol. The minimum absolute atomic E-state index is 0.0576. The SMILES string of the molecule is CNCc1cc(S(=O)(=O)NC2CCCSC2)c(C)cc1C. The zero-order valence-corrected chi connectivity index (χ0v) is 14.5. The van der Waals surface area contributed by atoms with Crippen molar-refractivity contribution in [3.05, 3.63) is 28.8 Å². The fourth-order valence-electron chi connectivity index (χ4n) is 2.66. The molecule has 1 unspecified atom stereocenters. The summed E-state index contributed by atoms with van der Waals surface area (Å²) in [6.07, 6.45) is 2.01. The van der Waals surface area contributed by atoms with Gasteiger partial charge in [0.15, 0.2) is 0 Å². The molecule has 0 radical (unpaired) electrons. The molecule has 0 bridgehead atoms. The minimum atomic E-state index is -3.44. The molecule has 1 saturated heterocycles. The molecule has 21 heavy (non-hydrogen) atoms. The van der Waals surface area contributed by atoms with Crippen molar-refractivity contribution >= 4 is 21.8 Å². The Morgan fingerprint density at radius 1 is 1.29 bits per heavy atom. The van der Waals surface area contributed by atoms with Crippen LogP contribution in [0.25, 0.3) is 0 Å². The smallest absolute Gasteiger partial charge is 0.241 e. The highest BCUT2D eigenvalue weighted by Gasteiger charge is 2.24. The van der Waals surface area contributed by atoms with E-state index in [2.05, 4.69) is 10.0 Å². The first-order valence-electron chi connectivity index (χ1n) is 7.29. The highest BCUT2D eigenvalue weighted by molar-refractivity contribution is 7.99. The quantitative estimate of drug-likeness (QED) is 0.870. The van der Waals surface area contributed by atoms with Crippen LogP contribution in [0.3, 0.4) is 0 Å². The van der Waals surface area contributed by atoms with Gasteiger partial charge in [-0.2, -0.15) is 11.8 Å². The average molecular weight is 329 g/mol. The number of hydrogen-bond donors (Lipinski definition) is 2. The van der Waals surface area contributed by atoms with E-state index in [0.717, 1.165) is 41.0 Å². The lowest BCUT2D eigenvalue weighted by Crippen LogP contribution is -2.38. The molecule has 1 aromatic carbocycles. The molecule has 0 amide bonds. The van der Waals surface area contributed by atoms with Gasteiger partial charge in [-0.05, 0) is 62.2 Å². The number of benzene rings is 1. The van der Waals surface area contributed by atoms with Crippen LogP contribution in [-0.2, 0) is 16.6 Å². The Labute approximate surface area is 132 Å². The number of thioether (sulfide) groups is 1. The molecule has 1 fully saturated rings. The second-order valence-electron chi connectivity index (χ2n) is 5.61. The first-order valence-corrected chi connectivity index (χ1v) is 9.92. The molecule has 118 valence electrons. The summed E-state index contributed by atoms with van der Waals surface area (Å²) in [5, 5.41) is 3.09. The van der Waals surface area contributed by atoms with Gasteiger partial charge in [0.2, 0.25) is 10.0 Å². The average Bonchev–Trinajstić information content (AvgIpc) is 2.42. The zero-order valence-electron chi connectivity index (χ0n) is 12.9. The molecule has 2 rings (SSSR count). The normalized spacial score (nSPS) is 19.7. The predicted octanol–water partition coefficient (Wildman–Crippen LogP) is 2.20. The van der Waals surface area contributed by atoms with Gasteiger partial charge in [0, 0.05) is 18.3 Å². The third kappa shape index (κ3) is 4.22. The van der Waals surface area contributed by atoms with E-state index in [1.165, 1.54) is 0 Å². The van der Waals surface area contributed by atoms with Gasteiger partial charge in [-0.3, -0.25) is 0 Å². The van der Waals surface area contributed by atoms with Crippen LogP contribution in [0.15, 0.2) is 17.0 Å². The van der Waals surface area contributed by atoms with Crippen LogP contribution in [0, 0.1) is 13.8 Å². The first kappa shape index (κ1) is 16.8. The van der Waals surface area contributed by atoms with Gasteiger partial charge in [0.1, 0.15) is 0 Å². The molecule has 1 aromatic rings. The lowest BCUT2D eigenvalue weighted by Gasteiger charge is -2.23. The van der Waals surface area contributed by atoms with E-state index >= 15 is 0 Å². The van der Waals surface area contributed by atoms with E-state index in [1.54, 1.807) is 6.07 Å². The van der Waals surface area contributed by atoms with Crippen molar-refractivity contribution in [2.24, 2.45) is 0 Å². The number of hydrogen-bond acceptors (Lipinski definition) is 4. The van der Waals surface area contributed by atoms with E-state index < -0.39 is 10.0 Å². The van der Waals surface area contributed by atoms with Crippen LogP contribution in [0.4, 0.5) is 0 Å². The topological polar surface area (TPSA) is 58.2 Å². The summed E-state index contributed by atoms with van der Waals surface area (Å²) in [6, 6.07) is 3.82. The lowest BCUT2D eigenvalue weighted by atomic mass is 10.1. The largest absolute Gasteiger partial charge is 0.316 e. The van der Waals surface area contributed by atoms with Crippen molar-refractivity contribution in [1.29, 1.82) is 0 Å². The third-order valence-electron chi connectivity index (χ3n) is 3.77. The highest BCUT2D eigenvalue weighted by atomic mass is 32.2. The minimum Gasteiger partial charge on any atom is -0.316 e. The van der Waals surface area contributed by atoms with Crippen LogP contribution < -0.4 is 10.0 Å². The van der Waals surface area contributed by atoms with Gasteiger partial charge >= 0.3 is 0 Å². The first-order chi connectivity index (χ1) is 9.94. The van der Waals surface area contributed by atoms with Gasteiger partial charge in [0.25, 0.3) is 0 Å². The summed E-state index contributed by atoms with van der Waals surface area (Å²) in [5.41, 5.74) is 2.96. The van der Waals surface area contributed by atoms with Crippen LogP contribution in [0.5, 0.6) is 0 Å². The third-order valence-corrected chi connectivity index (χ3v) is 6.65. The summed E-state index contributed by atoms with van der Waals surface area (Å²) in [5.74, 6) is 2.00. The number of sulfonamides is 1. The highest BCUT2D eigenvalue weighted by Crippen LogP contribution is 2.23.